The highest BCUT2D eigenvalue weighted by molar-refractivity contribution is 5.85. The standard InChI is InChI=1S/C10H12FNO.ClH/c1-2-13-10(12)7-8-5-3-4-6-9(8)11;/h3-6,12H,2,7H2,1H3;1H. The molecule has 0 saturated heterocycles. The van der Waals surface area contributed by atoms with E-state index in [9.17, 15) is 4.39 Å². The van der Waals surface area contributed by atoms with Gasteiger partial charge >= 0.3 is 0 Å². The van der Waals surface area contributed by atoms with Crippen molar-refractivity contribution in [2.24, 2.45) is 0 Å². The van der Waals surface area contributed by atoms with Crippen molar-refractivity contribution in [1.82, 2.24) is 0 Å². The predicted octanol–water partition coefficient (Wildman–Crippen LogP) is 2.80. The molecule has 1 aromatic carbocycles. The highest BCUT2D eigenvalue weighted by Gasteiger charge is 2.04. The van der Waals surface area contributed by atoms with Crippen molar-refractivity contribution in [3.05, 3.63) is 35.6 Å². The first-order valence-electron chi connectivity index (χ1n) is 4.17. The van der Waals surface area contributed by atoms with Crippen LogP contribution >= 0.6 is 12.4 Å². The summed E-state index contributed by atoms with van der Waals surface area (Å²) in [5.41, 5.74) is 0.501. The van der Waals surface area contributed by atoms with Gasteiger partial charge in [-0.3, -0.25) is 5.41 Å². The van der Waals surface area contributed by atoms with Crippen LogP contribution < -0.4 is 0 Å². The molecule has 0 heterocycles. The van der Waals surface area contributed by atoms with E-state index < -0.39 is 0 Å². The Hall–Kier alpha value is -1.09. The Morgan fingerprint density at radius 2 is 2.07 bits per heavy atom. The van der Waals surface area contributed by atoms with Crippen LogP contribution in [0.25, 0.3) is 0 Å². The Bertz CT molecular complexity index is 304. The van der Waals surface area contributed by atoms with Gasteiger partial charge in [-0.2, -0.15) is 0 Å². The molecule has 0 saturated carbocycles. The van der Waals surface area contributed by atoms with Crippen LogP contribution in [0.1, 0.15) is 12.5 Å². The van der Waals surface area contributed by atoms with Crippen LogP contribution in [0.15, 0.2) is 24.3 Å². The number of rotatable bonds is 3. The van der Waals surface area contributed by atoms with Gasteiger partial charge in [-0.1, -0.05) is 18.2 Å². The van der Waals surface area contributed by atoms with Crippen LogP contribution in [0.4, 0.5) is 4.39 Å². The summed E-state index contributed by atoms with van der Waals surface area (Å²) >= 11 is 0. The molecule has 0 aromatic heterocycles. The summed E-state index contributed by atoms with van der Waals surface area (Å²) in [6.07, 6.45) is 0.223. The monoisotopic (exact) mass is 217 g/mol. The number of nitrogens with one attached hydrogen (secondary N) is 1. The van der Waals surface area contributed by atoms with E-state index >= 15 is 0 Å². The van der Waals surface area contributed by atoms with Crippen LogP contribution in [0.5, 0.6) is 0 Å². The average Bonchev–Trinajstić information content (AvgIpc) is 2.09. The lowest BCUT2D eigenvalue weighted by Gasteiger charge is -2.05. The zero-order valence-electron chi connectivity index (χ0n) is 7.92. The first-order valence-corrected chi connectivity index (χ1v) is 4.17. The summed E-state index contributed by atoms with van der Waals surface area (Å²) in [4.78, 5) is 0. The molecule has 1 rings (SSSR count). The fourth-order valence-electron chi connectivity index (χ4n) is 1.04. The predicted molar refractivity (Wildman–Crippen MR) is 56.7 cm³/mol. The molecular weight excluding hydrogens is 205 g/mol. The summed E-state index contributed by atoms with van der Waals surface area (Å²) in [6.45, 7) is 2.25. The van der Waals surface area contributed by atoms with Gasteiger partial charge in [0.1, 0.15) is 5.82 Å². The molecule has 0 fully saturated rings. The molecule has 78 valence electrons. The minimum atomic E-state index is -0.285. The molecule has 0 aliphatic rings. The third-order valence-electron chi connectivity index (χ3n) is 1.63. The van der Waals surface area contributed by atoms with Gasteiger partial charge in [0.15, 0.2) is 5.90 Å². The first-order chi connectivity index (χ1) is 6.24. The summed E-state index contributed by atoms with van der Waals surface area (Å²) in [5.74, 6) is -0.181. The van der Waals surface area contributed by atoms with Crippen LogP contribution in [0.3, 0.4) is 0 Å². The van der Waals surface area contributed by atoms with Crippen LogP contribution in [-0.2, 0) is 11.2 Å². The SMILES string of the molecule is CCOC(=N)Cc1ccccc1F.Cl. The van der Waals surface area contributed by atoms with Gasteiger partial charge in [0.25, 0.3) is 0 Å². The Balaban J connectivity index is 0.00000169. The molecule has 0 bridgehead atoms. The van der Waals surface area contributed by atoms with Gasteiger partial charge in [0, 0.05) is 0 Å². The Labute approximate surface area is 89.0 Å². The maximum absolute atomic E-state index is 13.0. The lowest BCUT2D eigenvalue weighted by atomic mass is 10.1. The smallest absolute Gasteiger partial charge is 0.184 e. The molecular formula is C10H13ClFNO. The fourth-order valence-corrected chi connectivity index (χ4v) is 1.04. The molecule has 0 radical (unpaired) electrons. The lowest BCUT2D eigenvalue weighted by Crippen LogP contribution is -2.07. The van der Waals surface area contributed by atoms with Gasteiger partial charge in [-0.05, 0) is 18.6 Å². The fraction of sp³-hybridized carbons (Fsp3) is 0.300. The highest BCUT2D eigenvalue weighted by Crippen LogP contribution is 2.07. The normalized spacial score (nSPS) is 9.00. The van der Waals surface area contributed by atoms with Crippen molar-refractivity contribution in [1.29, 1.82) is 5.41 Å². The second kappa shape index (κ2) is 6.38. The van der Waals surface area contributed by atoms with E-state index in [2.05, 4.69) is 0 Å². The molecule has 0 aliphatic carbocycles. The Kier molecular flexibility index (Phi) is 5.88. The number of hydrogen-bond donors (Lipinski definition) is 1. The van der Waals surface area contributed by atoms with Gasteiger partial charge in [-0.25, -0.2) is 4.39 Å². The molecule has 1 N–H and O–H groups in total. The first kappa shape index (κ1) is 12.9. The maximum atomic E-state index is 13.0. The van der Waals surface area contributed by atoms with E-state index in [4.69, 9.17) is 10.1 Å². The topological polar surface area (TPSA) is 33.1 Å². The summed E-state index contributed by atoms with van der Waals surface area (Å²) in [7, 11) is 0. The molecule has 14 heavy (non-hydrogen) atoms. The van der Waals surface area contributed by atoms with Crippen LogP contribution in [0.2, 0.25) is 0 Å². The zero-order valence-corrected chi connectivity index (χ0v) is 8.73. The largest absolute Gasteiger partial charge is 0.481 e. The van der Waals surface area contributed by atoms with E-state index in [1.807, 2.05) is 0 Å². The minimum absolute atomic E-state index is 0. The van der Waals surface area contributed by atoms with E-state index in [1.54, 1.807) is 25.1 Å². The third kappa shape index (κ3) is 3.75. The third-order valence-corrected chi connectivity index (χ3v) is 1.63. The highest BCUT2D eigenvalue weighted by atomic mass is 35.5. The van der Waals surface area contributed by atoms with E-state index in [-0.39, 0.29) is 30.5 Å². The van der Waals surface area contributed by atoms with Crippen molar-refractivity contribution in [3.63, 3.8) is 0 Å². The number of halogens is 2. The molecule has 0 amide bonds. The van der Waals surface area contributed by atoms with Gasteiger partial charge in [0.2, 0.25) is 0 Å². The van der Waals surface area contributed by atoms with Gasteiger partial charge in [-0.15, -0.1) is 12.4 Å². The maximum Gasteiger partial charge on any atom is 0.184 e. The number of hydrogen-bond acceptors (Lipinski definition) is 2. The van der Waals surface area contributed by atoms with Crippen LogP contribution in [-0.4, -0.2) is 12.5 Å². The number of ether oxygens (including phenoxy) is 1. The molecule has 0 atom stereocenters. The minimum Gasteiger partial charge on any atom is -0.481 e. The molecule has 4 heteroatoms. The van der Waals surface area contributed by atoms with Crippen molar-refractivity contribution in [2.75, 3.05) is 6.61 Å². The summed E-state index contributed by atoms with van der Waals surface area (Å²) < 4.78 is 18.0. The number of benzene rings is 1. The second-order valence-electron chi connectivity index (χ2n) is 2.62. The van der Waals surface area contributed by atoms with E-state index in [1.165, 1.54) is 6.07 Å². The quantitative estimate of drug-likeness (QED) is 0.613. The van der Waals surface area contributed by atoms with Crippen molar-refractivity contribution in [3.8, 4) is 0 Å². The van der Waals surface area contributed by atoms with E-state index in [0.29, 0.717) is 12.2 Å². The Morgan fingerprint density at radius 1 is 1.43 bits per heavy atom. The molecule has 2 nitrogen and oxygen atoms in total. The van der Waals surface area contributed by atoms with Gasteiger partial charge < -0.3 is 4.74 Å². The zero-order chi connectivity index (χ0) is 9.68. The molecule has 0 spiro atoms. The van der Waals surface area contributed by atoms with Gasteiger partial charge in [0.05, 0.1) is 13.0 Å². The Morgan fingerprint density at radius 3 is 2.64 bits per heavy atom. The molecule has 0 aliphatic heterocycles. The van der Waals surface area contributed by atoms with E-state index in [0.717, 1.165) is 0 Å². The lowest BCUT2D eigenvalue weighted by molar-refractivity contribution is 0.316. The summed E-state index contributed by atoms with van der Waals surface area (Å²) in [6, 6.07) is 6.41. The van der Waals surface area contributed by atoms with Crippen LogP contribution in [0, 0.1) is 11.2 Å². The van der Waals surface area contributed by atoms with Crippen molar-refractivity contribution < 1.29 is 9.13 Å². The molecule has 1 aromatic rings. The average molecular weight is 218 g/mol. The van der Waals surface area contributed by atoms with Crippen molar-refractivity contribution >= 4 is 18.3 Å². The second-order valence-corrected chi connectivity index (χ2v) is 2.62. The van der Waals surface area contributed by atoms with Crippen molar-refractivity contribution in [2.45, 2.75) is 13.3 Å². The molecule has 0 unspecified atom stereocenters. The summed E-state index contributed by atoms with van der Waals surface area (Å²) in [5, 5.41) is 7.33.